The zero-order valence-corrected chi connectivity index (χ0v) is 11.9. The smallest absolute Gasteiger partial charge is 0.458 e. The molecule has 108 valence electrons. The lowest BCUT2D eigenvalue weighted by Gasteiger charge is -2.17. The summed E-state index contributed by atoms with van der Waals surface area (Å²) in [4.78, 5) is 10.3. The van der Waals surface area contributed by atoms with Crippen LogP contribution in [0.25, 0.3) is 0 Å². The molecule has 0 unspecified atom stereocenters. The van der Waals surface area contributed by atoms with Crippen LogP contribution >= 0.6 is 27.3 Å². The molecular formula is C10H8BrF5O2S. The topological polar surface area (TPSA) is 26.3 Å². The standard InChI is InChI=1S/C10H8BrF5O2S/c1-2-18-8(17)5-3-7(19-6(5)4-11)9(12,13)10(14,15)16/h3H,2,4H2,1H3. The van der Waals surface area contributed by atoms with Crippen LogP contribution in [-0.4, -0.2) is 18.8 Å². The SMILES string of the molecule is CCOC(=O)c1cc(C(F)(F)C(F)(F)F)sc1CBr. The highest BCUT2D eigenvalue weighted by molar-refractivity contribution is 9.08. The molecule has 0 saturated heterocycles. The van der Waals surface area contributed by atoms with Crippen LogP contribution < -0.4 is 0 Å². The molecule has 1 aromatic rings. The largest absolute Gasteiger partial charge is 0.462 e. The molecule has 0 bridgehead atoms. The van der Waals surface area contributed by atoms with Gasteiger partial charge >= 0.3 is 18.1 Å². The molecule has 0 aliphatic carbocycles. The Labute approximate surface area is 117 Å². The average Bonchev–Trinajstić information content (AvgIpc) is 2.72. The van der Waals surface area contributed by atoms with Crippen molar-refractivity contribution in [1.82, 2.24) is 0 Å². The summed E-state index contributed by atoms with van der Waals surface area (Å²) in [5.74, 6) is -5.91. The molecule has 0 aliphatic heterocycles. The van der Waals surface area contributed by atoms with Gasteiger partial charge in [-0.05, 0) is 13.0 Å². The normalized spacial score (nSPS) is 12.6. The highest BCUT2D eigenvalue weighted by atomic mass is 79.9. The van der Waals surface area contributed by atoms with Gasteiger partial charge in [0.05, 0.1) is 17.0 Å². The van der Waals surface area contributed by atoms with Crippen molar-refractivity contribution in [1.29, 1.82) is 0 Å². The van der Waals surface area contributed by atoms with Gasteiger partial charge in [0, 0.05) is 10.2 Å². The minimum absolute atomic E-state index is 0.00139. The van der Waals surface area contributed by atoms with Crippen molar-refractivity contribution in [2.45, 2.75) is 24.4 Å². The van der Waals surface area contributed by atoms with Crippen LogP contribution in [0.5, 0.6) is 0 Å². The first-order valence-electron chi connectivity index (χ1n) is 4.96. The van der Waals surface area contributed by atoms with E-state index in [1.807, 2.05) is 0 Å². The Morgan fingerprint density at radius 3 is 2.37 bits per heavy atom. The van der Waals surface area contributed by atoms with Crippen molar-refractivity contribution in [3.63, 3.8) is 0 Å². The number of alkyl halides is 6. The molecule has 0 aliphatic rings. The zero-order valence-electron chi connectivity index (χ0n) is 9.48. The van der Waals surface area contributed by atoms with Gasteiger partial charge in [-0.3, -0.25) is 0 Å². The number of thiophene rings is 1. The van der Waals surface area contributed by atoms with Gasteiger partial charge in [-0.15, -0.1) is 11.3 Å². The van der Waals surface area contributed by atoms with E-state index in [4.69, 9.17) is 0 Å². The minimum atomic E-state index is -5.70. The number of rotatable bonds is 4. The molecule has 0 radical (unpaired) electrons. The maximum Gasteiger partial charge on any atom is 0.458 e. The molecule has 0 N–H and O–H groups in total. The molecule has 19 heavy (non-hydrogen) atoms. The molecule has 0 aromatic carbocycles. The highest BCUT2D eigenvalue weighted by Gasteiger charge is 2.59. The van der Waals surface area contributed by atoms with Crippen LogP contribution in [0.3, 0.4) is 0 Å². The Bertz CT molecular complexity index is 469. The van der Waals surface area contributed by atoms with E-state index in [2.05, 4.69) is 20.7 Å². The average molecular weight is 367 g/mol. The molecule has 0 spiro atoms. The van der Waals surface area contributed by atoms with E-state index in [-0.39, 0.29) is 33.7 Å². The summed E-state index contributed by atoms with van der Waals surface area (Å²) in [5.41, 5.74) is -0.275. The Kier molecular flexibility index (Phi) is 4.94. The molecule has 0 atom stereocenters. The van der Waals surface area contributed by atoms with Crippen molar-refractivity contribution >= 4 is 33.2 Å². The highest BCUT2D eigenvalue weighted by Crippen LogP contribution is 2.47. The predicted molar refractivity (Wildman–Crippen MR) is 62.9 cm³/mol. The number of carbonyl (C=O) groups excluding carboxylic acids is 1. The molecule has 0 saturated carbocycles. The number of halogens is 6. The molecular weight excluding hydrogens is 359 g/mol. The molecule has 1 rings (SSSR count). The van der Waals surface area contributed by atoms with Crippen molar-refractivity contribution < 1.29 is 31.5 Å². The quantitative estimate of drug-likeness (QED) is 0.446. The summed E-state index contributed by atoms with van der Waals surface area (Å²) in [6.07, 6.45) is -5.70. The fourth-order valence-electron chi connectivity index (χ4n) is 1.20. The van der Waals surface area contributed by atoms with Gasteiger partial charge in [0.2, 0.25) is 0 Å². The second-order valence-corrected chi connectivity index (χ2v) is 5.07. The van der Waals surface area contributed by atoms with Gasteiger partial charge in [0.25, 0.3) is 0 Å². The molecule has 1 heterocycles. The molecule has 0 fully saturated rings. The molecule has 0 amide bonds. The molecule has 2 nitrogen and oxygen atoms in total. The van der Waals surface area contributed by atoms with Crippen molar-refractivity contribution in [3.05, 3.63) is 21.4 Å². The van der Waals surface area contributed by atoms with Crippen LogP contribution in [-0.2, 0) is 16.0 Å². The Morgan fingerprint density at radius 1 is 1.37 bits per heavy atom. The van der Waals surface area contributed by atoms with Gasteiger partial charge in [-0.1, -0.05) is 15.9 Å². The number of carbonyl (C=O) groups is 1. The number of esters is 1. The predicted octanol–water partition coefficient (Wildman–Crippen LogP) is 4.47. The van der Waals surface area contributed by atoms with Crippen LogP contribution in [0.4, 0.5) is 22.0 Å². The third-order valence-corrected chi connectivity index (χ3v) is 4.23. The van der Waals surface area contributed by atoms with Crippen LogP contribution in [0.2, 0.25) is 0 Å². The number of hydrogen-bond donors (Lipinski definition) is 0. The summed E-state index contributed by atoms with van der Waals surface area (Å²) in [7, 11) is 0. The van der Waals surface area contributed by atoms with E-state index < -0.39 is 22.9 Å². The fraction of sp³-hybridized carbons (Fsp3) is 0.500. The Balaban J connectivity index is 3.23. The van der Waals surface area contributed by atoms with Crippen molar-refractivity contribution in [2.24, 2.45) is 0 Å². The summed E-state index contributed by atoms with van der Waals surface area (Å²) in [5, 5.41) is -0.0141. The third-order valence-electron chi connectivity index (χ3n) is 2.09. The van der Waals surface area contributed by atoms with Gasteiger partial charge in [0.1, 0.15) is 0 Å². The van der Waals surface area contributed by atoms with Gasteiger partial charge < -0.3 is 4.74 Å². The molecule has 1 aromatic heterocycles. The van der Waals surface area contributed by atoms with Crippen LogP contribution in [0.1, 0.15) is 27.0 Å². The first kappa shape index (κ1) is 16.4. The van der Waals surface area contributed by atoms with Gasteiger partial charge in [-0.25, -0.2) is 4.79 Å². The molecule has 9 heteroatoms. The summed E-state index contributed by atoms with van der Waals surface area (Å²) >= 11 is 3.16. The first-order chi connectivity index (χ1) is 8.65. The lowest BCUT2D eigenvalue weighted by Crippen LogP contribution is -2.32. The lowest BCUT2D eigenvalue weighted by molar-refractivity contribution is -0.287. The second-order valence-electron chi connectivity index (χ2n) is 3.37. The van der Waals surface area contributed by atoms with Gasteiger partial charge in [0.15, 0.2) is 0 Å². The fourth-order valence-corrected chi connectivity index (χ4v) is 2.84. The van der Waals surface area contributed by atoms with Gasteiger partial charge in [-0.2, -0.15) is 22.0 Å². The number of hydrogen-bond acceptors (Lipinski definition) is 3. The van der Waals surface area contributed by atoms with Crippen LogP contribution in [0, 0.1) is 0 Å². The van der Waals surface area contributed by atoms with E-state index in [1.165, 1.54) is 6.92 Å². The second kappa shape index (κ2) is 5.74. The van der Waals surface area contributed by atoms with E-state index in [1.54, 1.807) is 0 Å². The Morgan fingerprint density at radius 2 is 1.95 bits per heavy atom. The van der Waals surface area contributed by atoms with E-state index in [0.29, 0.717) is 6.07 Å². The lowest BCUT2D eigenvalue weighted by atomic mass is 10.2. The first-order valence-corrected chi connectivity index (χ1v) is 6.89. The van der Waals surface area contributed by atoms with Crippen molar-refractivity contribution in [3.8, 4) is 0 Å². The monoisotopic (exact) mass is 366 g/mol. The summed E-state index contributed by atoms with van der Waals surface area (Å²) in [6, 6.07) is 0.534. The number of ether oxygens (including phenoxy) is 1. The summed E-state index contributed by atoms with van der Waals surface area (Å²) in [6.45, 7) is 1.50. The van der Waals surface area contributed by atoms with E-state index in [0.717, 1.165) is 0 Å². The van der Waals surface area contributed by atoms with Crippen molar-refractivity contribution in [2.75, 3.05) is 6.61 Å². The summed E-state index contributed by atoms with van der Waals surface area (Å²) < 4.78 is 67.6. The third kappa shape index (κ3) is 3.25. The maximum absolute atomic E-state index is 13.2. The zero-order chi connectivity index (χ0) is 14.8. The maximum atomic E-state index is 13.2. The van der Waals surface area contributed by atoms with E-state index >= 15 is 0 Å². The van der Waals surface area contributed by atoms with E-state index in [9.17, 15) is 26.7 Å². The Hall–Kier alpha value is -0.700. The van der Waals surface area contributed by atoms with Crippen LogP contribution in [0.15, 0.2) is 6.07 Å². The minimum Gasteiger partial charge on any atom is -0.462 e.